The van der Waals surface area contributed by atoms with Crippen LogP contribution in [-0.4, -0.2) is 41.1 Å². The molecular weight excluding hydrogens is 404 g/mol. The number of carbonyl (C=O) groups is 2. The fourth-order valence-electron chi connectivity index (χ4n) is 3.94. The van der Waals surface area contributed by atoms with E-state index in [0.717, 1.165) is 16.7 Å². The molecule has 0 saturated carbocycles. The van der Waals surface area contributed by atoms with E-state index in [1.54, 1.807) is 4.90 Å². The first-order chi connectivity index (χ1) is 15.6. The highest BCUT2D eigenvalue weighted by Gasteiger charge is 2.37. The van der Waals surface area contributed by atoms with Crippen molar-refractivity contribution in [3.63, 3.8) is 0 Å². The molecule has 6 nitrogen and oxygen atoms in total. The SMILES string of the molecule is O=C(Cc1ccccc1)Nc1ccc(C2OCC(=O)N(Cc3ccccc3)C2CO)cc1. The number of carbonyl (C=O) groups excluding carboxylic acids is 2. The number of ether oxygens (including phenoxy) is 1. The molecule has 1 aliphatic rings. The first-order valence-corrected chi connectivity index (χ1v) is 10.6. The Kier molecular flexibility index (Phi) is 6.94. The fourth-order valence-corrected chi connectivity index (χ4v) is 3.94. The number of benzene rings is 3. The molecule has 0 radical (unpaired) electrons. The van der Waals surface area contributed by atoms with Gasteiger partial charge in [-0.25, -0.2) is 0 Å². The van der Waals surface area contributed by atoms with E-state index in [-0.39, 0.29) is 25.0 Å². The molecule has 2 amide bonds. The molecule has 1 saturated heterocycles. The molecular formula is C26H26N2O4. The second-order valence-corrected chi connectivity index (χ2v) is 7.82. The van der Waals surface area contributed by atoms with E-state index in [1.165, 1.54) is 0 Å². The van der Waals surface area contributed by atoms with Crippen molar-refractivity contribution < 1.29 is 19.4 Å². The molecule has 1 aliphatic heterocycles. The van der Waals surface area contributed by atoms with E-state index in [2.05, 4.69) is 5.32 Å². The summed E-state index contributed by atoms with van der Waals surface area (Å²) in [4.78, 5) is 26.5. The Balaban J connectivity index is 1.44. The maximum absolute atomic E-state index is 12.5. The van der Waals surface area contributed by atoms with Crippen molar-refractivity contribution in [1.82, 2.24) is 4.90 Å². The van der Waals surface area contributed by atoms with E-state index < -0.39 is 12.1 Å². The molecule has 2 atom stereocenters. The van der Waals surface area contributed by atoms with Gasteiger partial charge in [0.15, 0.2) is 0 Å². The van der Waals surface area contributed by atoms with Gasteiger partial charge in [0.25, 0.3) is 0 Å². The van der Waals surface area contributed by atoms with Gasteiger partial charge in [-0.2, -0.15) is 0 Å². The molecule has 0 aliphatic carbocycles. The summed E-state index contributed by atoms with van der Waals surface area (Å²) < 4.78 is 5.81. The maximum Gasteiger partial charge on any atom is 0.249 e. The Morgan fingerprint density at radius 3 is 2.19 bits per heavy atom. The van der Waals surface area contributed by atoms with E-state index in [4.69, 9.17) is 4.74 Å². The average molecular weight is 431 g/mol. The molecule has 4 rings (SSSR count). The van der Waals surface area contributed by atoms with E-state index in [1.807, 2.05) is 84.9 Å². The van der Waals surface area contributed by atoms with Crippen LogP contribution in [0.4, 0.5) is 5.69 Å². The average Bonchev–Trinajstić information content (AvgIpc) is 2.82. The highest BCUT2D eigenvalue weighted by atomic mass is 16.5. The summed E-state index contributed by atoms with van der Waals surface area (Å²) in [6.45, 7) is 0.167. The van der Waals surface area contributed by atoms with Gasteiger partial charge in [-0.3, -0.25) is 9.59 Å². The quantitative estimate of drug-likeness (QED) is 0.603. The lowest BCUT2D eigenvalue weighted by Gasteiger charge is -2.40. The molecule has 1 fully saturated rings. The Bertz CT molecular complexity index is 1040. The van der Waals surface area contributed by atoms with Crippen LogP contribution in [0.1, 0.15) is 22.8 Å². The first kappa shape index (κ1) is 21.7. The third kappa shape index (κ3) is 5.22. The first-order valence-electron chi connectivity index (χ1n) is 10.6. The zero-order valence-corrected chi connectivity index (χ0v) is 17.7. The third-order valence-electron chi connectivity index (χ3n) is 5.57. The Morgan fingerprint density at radius 1 is 0.938 bits per heavy atom. The molecule has 2 unspecified atom stereocenters. The second kappa shape index (κ2) is 10.2. The van der Waals surface area contributed by atoms with Gasteiger partial charge in [0.05, 0.1) is 19.1 Å². The minimum atomic E-state index is -0.491. The van der Waals surface area contributed by atoms with Crippen LogP contribution in [0.3, 0.4) is 0 Å². The van der Waals surface area contributed by atoms with E-state index >= 15 is 0 Å². The summed E-state index contributed by atoms with van der Waals surface area (Å²) in [6.07, 6.45) is -0.146. The number of anilines is 1. The van der Waals surface area contributed by atoms with Crippen molar-refractivity contribution in [2.24, 2.45) is 0 Å². The Hall–Kier alpha value is -3.48. The number of nitrogens with zero attached hydrogens (tertiary/aromatic N) is 1. The topological polar surface area (TPSA) is 78.9 Å². The molecule has 164 valence electrons. The molecule has 0 aromatic heterocycles. The van der Waals surface area contributed by atoms with Gasteiger partial charge in [0.2, 0.25) is 11.8 Å². The normalized spacial score (nSPS) is 18.4. The molecule has 2 N–H and O–H groups in total. The molecule has 32 heavy (non-hydrogen) atoms. The number of hydrogen-bond donors (Lipinski definition) is 2. The van der Waals surface area contributed by atoms with Crippen LogP contribution in [0.15, 0.2) is 84.9 Å². The largest absolute Gasteiger partial charge is 0.394 e. The van der Waals surface area contributed by atoms with E-state index in [0.29, 0.717) is 18.7 Å². The summed E-state index contributed by atoms with van der Waals surface area (Å²) in [5, 5.41) is 13.0. The van der Waals surface area contributed by atoms with Crippen molar-refractivity contribution in [2.45, 2.75) is 25.1 Å². The molecule has 1 heterocycles. The number of morpholine rings is 1. The lowest BCUT2D eigenvalue weighted by molar-refractivity contribution is -0.162. The number of rotatable bonds is 7. The summed E-state index contributed by atoms with van der Waals surface area (Å²) in [7, 11) is 0. The zero-order chi connectivity index (χ0) is 22.3. The van der Waals surface area contributed by atoms with Crippen LogP contribution in [0.5, 0.6) is 0 Å². The van der Waals surface area contributed by atoms with Gasteiger partial charge < -0.3 is 20.1 Å². The van der Waals surface area contributed by atoms with Crippen LogP contribution >= 0.6 is 0 Å². The van der Waals surface area contributed by atoms with Gasteiger partial charge in [0, 0.05) is 12.2 Å². The number of aliphatic hydroxyl groups is 1. The van der Waals surface area contributed by atoms with Gasteiger partial charge in [-0.05, 0) is 28.8 Å². The fraction of sp³-hybridized carbons (Fsp3) is 0.231. The highest BCUT2D eigenvalue weighted by Crippen LogP contribution is 2.31. The second-order valence-electron chi connectivity index (χ2n) is 7.82. The minimum absolute atomic E-state index is 0.0381. The van der Waals surface area contributed by atoms with Crippen LogP contribution < -0.4 is 5.32 Å². The van der Waals surface area contributed by atoms with Crippen LogP contribution in [-0.2, 0) is 27.3 Å². The predicted molar refractivity (Wildman–Crippen MR) is 122 cm³/mol. The molecule has 3 aromatic rings. The number of nitrogens with one attached hydrogen (secondary N) is 1. The van der Waals surface area contributed by atoms with Crippen molar-refractivity contribution in [3.8, 4) is 0 Å². The predicted octanol–water partition coefficient (Wildman–Crippen LogP) is 3.33. The van der Waals surface area contributed by atoms with Crippen molar-refractivity contribution >= 4 is 17.5 Å². The van der Waals surface area contributed by atoms with Gasteiger partial charge in [-0.1, -0.05) is 72.8 Å². The molecule has 6 heteroatoms. The van der Waals surface area contributed by atoms with Crippen molar-refractivity contribution in [2.75, 3.05) is 18.5 Å². The summed E-state index contributed by atoms with van der Waals surface area (Å²) in [5.41, 5.74) is 3.47. The lowest BCUT2D eigenvalue weighted by atomic mass is 9.98. The van der Waals surface area contributed by atoms with Crippen LogP contribution in [0, 0.1) is 0 Å². The highest BCUT2D eigenvalue weighted by molar-refractivity contribution is 5.92. The summed E-state index contributed by atoms with van der Waals surface area (Å²) in [5.74, 6) is -0.236. The van der Waals surface area contributed by atoms with Crippen LogP contribution in [0.25, 0.3) is 0 Å². The molecule has 0 bridgehead atoms. The smallest absolute Gasteiger partial charge is 0.249 e. The summed E-state index contributed by atoms with van der Waals surface area (Å²) in [6, 6.07) is 26.1. The van der Waals surface area contributed by atoms with E-state index in [9.17, 15) is 14.7 Å². The monoisotopic (exact) mass is 430 g/mol. The zero-order valence-electron chi connectivity index (χ0n) is 17.7. The number of hydrogen-bond acceptors (Lipinski definition) is 4. The Labute approximate surface area is 187 Å². The van der Waals surface area contributed by atoms with Gasteiger partial charge in [-0.15, -0.1) is 0 Å². The Morgan fingerprint density at radius 2 is 1.56 bits per heavy atom. The number of amides is 2. The van der Waals surface area contributed by atoms with Crippen LogP contribution in [0.2, 0.25) is 0 Å². The number of aliphatic hydroxyl groups excluding tert-OH is 1. The third-order valence-corrected chi connectivity index (χ3v) is 5.57. The maximum atomic E-state index is 12.5. The van der Waals surface area contributed by atoms with Crippen molar-refractivity contribution in [3.05, 3.63) is 102 Å². The van der Waals surface area contributed by atoms with Crippen molar-refractivity contribution in [1.29, 1.82) is 0 Å². The lowest BCUT2D eigenvalue weighted by Crippen LogP contribution is -2.52. The van der Waals surface area contributed by atoms with Gasteiger partial charge >= 0.3 is 0 Å². The molecule has 3 aromatic carbocycles. The summed E-state index contributed by atoms with van der Waals surface area (Å²) >= 11 is 0. The van der Waals surface area contributed by atoms with Gasteiger partial charge in [0.1, 0.15) is 12.7 Å². The standard InChI is InChI=1S/C26H26N2O4/c29-17-23-26(32-18-25(31)28(23)16-20-9-5-2-6-10-20)21-11-13-22(14-12-21)27-24(30)15-19-7-3-1-4-8-19/h1-14,23,26,29H,15-18H2,(H,27,30). The molecule has 0 spiro atoms. The minimum Gasteiger partial charge on any atom is -0.394 e.